The molecule has 0 spiro atoms. The fourth-order valence-corrected chi connectivity index (χ4v) is 4.03. The number of nitrogens with zero attached hydrogens (tertiary/aromatic N) is 4. The zero-order chi connectivity index (χ0) is 20.6. The molecule has 10 heteroatoms. The Morgan fingerprint density at radius 3 is 2.32 bits per heavy atom. The number of Topliss-reactive ketones (excluding diaryl/α,β-unsaturated/α-hetero) is 1. The van der Waals surface area contributed by atoms with Gasteiger partial charge in [0.25, 0.3) is 11.5 Å². The summed E-state index contributed by atoms with van der Waals surface area (Å²) in [5.74, 6) is -0.562. The number of anilines is 1. The molecule has 0 radical (unpaired) electrons. The Morgan fingerprint density at radius 2 is 1.75 bits per heavy atom. The number of carbonyl (C=O) groups is 2. The molecule has 0 aromatic carbocycles. The van der Waals surface area contributed by atoms with Crippen LogP contribution in [0.2, 0.25) is 0 Å². The van der Waals surface area contributed by atoms with Crippen molar-refractivity contribution in [1.29, 1.82) is 0 Å². The van der Waals surface area contributed by atoms with Crippen LogP contribution in [0.25, 0.3) is 0 Å². The first kappa shape index (κ1) is 20.0. The van der Waals surface area contributed by atoms with E-state index in [-0.39, 0.29) is 17.3 Å². The van der Waals surface area contributed by atoms with E-state index in [9.17, 15) is 19.2 Å². The Hall–Kier alpha value is -2.72. The molecular weight excluding hydrogens is 382 g/mol. The lowest BCUT2D eigenvalue weighted by molar-refractivity contribution is 0.0555. The van der Waals surface area contributed by atoms with Crippen LogP contribution < -0.4 is 17.0 Å². The van der Waals surface area contributed by atoms with E-state index in [1.54, 1.807) is 17.9 Å². The third-order valence-corrected chi connectivity index (χ3v) is 6.07. The predicted molar refractivity (Wildman–Crippen MR) is 107 cm³/mol. The highest BCUT2D eigenvalue weighted by molar-refractivity contribution is 7.12. The Morgan fingerprint density at radius 1 is 1.11 bits per heavy atom. The molecule has 3 heterocycles. The third kappa shape index (κ3) is 3.40. The predicted octanol–water partition coefficient (Wildman–Crippen LogP) is -0.243. The molecule has 150 valence electrons. The monoisotopic (exact) mass is 405 g/mol. The van der Waals surface area contributed by atoms with E-state index in [0.717, 1.165) is 9.13 Å². The first-order valence-corrected chi connectivity index (χ1v) is 9.78. The van der Waals surface area contributed by atoms with Crippen LogP contribution in [0.1, 0.15) is 27.0 Å². The summed E-state index contributed by atoms with van der Waals surface area (Å²) in [6.45, 7) is 3.72. The molecule has 1 saturated heterocycles. The van der Waals surface area contributed by atoms with Crippen LogP contribution in [0.3, 0.4) is 0 Å². The molecule has 2 N–H and O–H groups in total. The van der Waals surface area contributed by atoms with Gasteiger partial charge in [0, 0.05) is 40.3 Å². The number of carbonyl (C=O) groups excluding carboxylic acids is 2. The van der Waals surface area contributed by atoms with E-state index in [2.05, 4.69) is 0 Å². The van der Waals surface area contributed by atoms with Crippen LogP contribution in [0.4, 0.5) is 5.82 Å². The van der Waals surface area contributed by atoms with Crippen LogP contribution in [-0.2, 0) is 14.1 Å². The molecule has 0 bridgehead atoms. The minimum absolute atomic E-state index is 0.00944. The van der Waals surface area contributed by atoms with E-state index in [0.29, 0.717) is 31.1 Å². The minimum Gasteiger partial charge on any atom is -0.384 e. The summed E-state index contributed by atoms with van der Waals surface area (Å²) < 4.78 is 1.98. The third-order valence-electron chi connectivity index (χ3n) is 5.22. The summed E-state index contributed by atoms with van der Waals surface area (Å²) in [5.41, 5.74) is 4.46. The highest BCUT2D eigenvalue weighted by Crippen LogP contribution is 2.17. The van der Waals surface area contributed by atoms with Gasteiger partial charge in [-0.25, -0.2) is 4.79 Å². The fraction of sp³-hybridized carbons (Fsp3) is 0.444. The van der Waals surface area contributed by atoms with Crippen molar-refractivity contribution in [1.82, 2.24) is 18.9 Å². The molecule has 3 rings (SSSR count). The van der Waals surface area contributed by atoms with E-state index in [1.165, 1.54) is 25.4 Å². The quantitative estimate of drug-likeness (QED) is 0.703. The van der Waals surface area contributed by atoms with E-state index < -0.39 is 23.1 Å². The molecule has 1 aliphatic rings. The summed E-state index contributed by atoms with van der Waals surface area (Å²) in [6, 6.07) is 3.04. The fourth-order valence-electron chi connectivity index (χ4n) is 3.33. The van der Waals surface area contributed by atoms with Gasteiger partial charge in [0.1, 0.15) is 11.4 Å². The van der Waals surface area contributed by atoms with Gasteiger partial charge in [-0.05, 0) is 18.4 Å². The summed E-state index contributed by atoms with van der Waals surface area (Å²) in [4.78, 5) is 54.2. The van der Waals surface area contributed by atoms with E-state index in [1.807, 2.05) is 16.3 Å². The summed E-state index contributed by atoms with van der Waals surface area (Å²) >= 11 is 1.40. The second kappa shape index (κ2) is 7.72. The van der Waals surface area contributed by atoms with Gasteiger partial charge in [0.05, 0.1) is 10.9 Å². The van der Waals surface area contributed by atoms with Gasteiger partial charge in [-0.2, -0.15) is 0 Å². The Bertz CT molecular complexity index is 1020. The maximum Gasteiger partial charge on any atom is 0.332 e. The molecule has 28 heavy (non-hydrogen) atoms. The summed E-state index contributed by atoms with van der Waals surface area (Å²) in [6.07, 6.45) is 0. The number of piperazine rings is 1. The van der Waals surface area contributed by atoms with Crippen molar-refractivity contribution >= 4 is 28.8 Å². The van der Waals surface area contributed by atoms with Crippen LogP contribution in [0.15, 0.2) is 27.1 Å². The van der Waals surface area contributed by atoms with Gasteiger partial charge in [-0.15, -0.1) is 11.3 Å². The first-order chi connectivity index (χ1) is 13.2. The van der Waals surface area contributed by atoms with Crippen LogP contribution in [0, 0.1) is 0 Å². The number of aromatic nitrogens is 2. The molecular formula is C18H23N5O4S. The minimum atomic E-state index is -0.691. The number of ketones is 1. The molecule has 1 unspecified atom stereocenters. The number of hydrogen-bond acceptors (Lipinski definition) is 7. The molecule has 1 fully saturated rings. The zero-order valence-electron chi connectivity index (χ0n) is 16.0. The van der Waals surface area contributed by atoms with Crippen molar-refractivity contribution < 1.29 is 9.59 Å². The van der Waals surface area contributed by atoms with Crippen molar-refractivity contribution in [2.45, 2.75) is 13.0 Å². The van der Waals surface area contributed by atoms with Gasteiger partial charge in [0.15, 0.2) is 5.78 Å². The van der Waals surface area contributed by atoms with Gasteiger partial charge in [-0.1, -0.05) is 6.07 Å². The molecule has 1 atom stereocenters. The number of rotatable bonds is 4. The average molecular weight is 405 g/mol. The van der Waals surface area contributed by atoms with Crippen molar-refractivity contribution in [3.63, 3.8) is 0 Å². The average Bonchev–Trinajstić information content (AvgIpc) is 3.24. The number of thiophene rings is 1. The largest absolute Gasteiger partial charge is 0.384 e. The molecule has 0 aliphatic carbocycles. The van der Waals surface area contributed by atoms with Gasteiger partial charge in [-0.3, -0.25) is 28.4 Å². The summed E-state index contributed by atoms with van der Waals surface area (Å²) in [7, 11) is 2.74. The molecule has 2 aromatic heterocycles. The van der Waals surface area contributed by atoms with E-state index in [4.69, 9.17) is 5.73 Å². The maximum atomic E-state index is 13.0. The number of hydrogen-bond donors (Lipinski definition) is 1. The standard InChI is InChI=1S/C18H23N5O4S/c1-11(14(24)13-15(19)20(2)18(27)21(3)17(13)26)22-6-8-23(9-7-22)16(25)12-5-4-10-28-12/h4-5,10-11H,6-9,19H2,1-3H3. The van der Waals surface area contributed by atoms with Crippen molar-refractivity contribution in [3.05, 3.63) is 48.8 Å². The van der Waals surface area contributed by atoms with Gasteiger partial charge >= 0.3 is 5.69 Å². The van der Waals surface area contributed by atoms with Crippen LogP contribution in [-0.4, -0.2) is 62.8 Å². The molecule has 1 aliphatic heterocycles. The normalized spacial score (nSPS) is 16.2. The highest BCUT2D eigenvalue weighted by Gasteiger charge is 2.31. The molecule has 1 amide bonds. The van der Waals surface area contributed by atoms with Crippen molar-refractivity contribution in [2.24, 2.45) is 14.1 Å². The summed E-state index contributed by atoms with van der Waals surface area (Å²) in [5, 5.41) is 1.86. The van der Waals surface area contributed by atoms with Crippen molar-refractivity contribution in [3.8, 4) is 0 Å². The lowest BCUT2D eigenvalue weighted by atomic mass is 10.0. The number of nitrogens with two attached hydrogens (primary N) is 1. The topological polar surface area (TPSA) is 111 Å². The lowest BCUT2D eigenvalue weighted by Crippen LogP contribution is -2.54. The van der Waals surface area contributed by atoms with Crippen molar-refractivity contribution in [2.75, 3.05) is 31.9 Å². The Labute approximate surface area is 165 Å². The Balaban J connectivity index is 1.75. The SMILES string of the molecule is CC(C(=O)c1c(N)n(C)c(=O)n(C)c1=O)N1CCN(C(=O)c2cccs2)CC1. The van der Waals surface area contributed by atoms with Gasteiger partial charge < -0.3 is 10.6 Å². The lowest BCUT2D eigenvalue weighted by Gasteiger charge is -2.37. The maximum absolute atomic E-state index is 13.0. The molecule has 0 saturated carbocycles. The van der Waals surface area contributed by atoms with Crippen LogP contribution in [0.5, 0.6) is 0 Å². The number of nitrogen functional groups attached to an aromatic ring is 1. The zero-order valence-corrected chi connectivity index (χ0v) is 16.9. The highest BCUT2D eigenvalue weighted by atomic mass is 32.1. The molecule has 9 nitrogen and oxygen atoms in total. The van der Waals surface area contributed by atoms with Crippen LogP contribution >= 0.6 is 11.3 Å². The Kier molecular flexibility index (Phi) is 5.52. The number of amides is 1. The van der Waals surface area contributed by atoms with E-state index >= 15 is 0 Å². The second-order valence-corrected chi connectivity index (χ2v) is 7.76. The second-order valence-electron chi connectivity index (χ2n) is 6.81. The van der Waals surface area contributed by atoms with Gasteiger partial charge in [0.2, 0.25) is 0 Å². The molecule has 2 aromatic rings. The first-order valence-electron chi connectivity index (χ1n) is 8.90. The smallest absolute Gasteiger partial charge is 0.332 e.